The van der Waals surface area contributed by atoms with E-state index in [4.69, 9.17) is 9.16 Å². The van der Waals surface area contributed by atoms with Gasteiger partial charge in [-0.15, -0.1) is 0 Å². The zero-order chi connectivity index (χ0) is 21.8. The Kier molecular flexibility index (Phi) is 5.49. The number of aromatic hydroxyl groups is 1. The van der Waals surface area contributed by atoms with E-state index >= 15 is 0 Å². The Morgan fingerprint density at radius 1 is 1.21 bits per heavy atom. The zero-order valence-electron chi connectivity index (χ0n) is 19.4. The fraction of sp³-hybridized carbons (Fsp3) is 0.708. The highest BCUT2D eigenvalue weighted by Gasteiger charge is 2.58. The first-order valence-corrected chi connectivity index (χ1v) is 13.8. The third kappa shape index (κ3) is 3.54. The van der Waals surface area contributed by atoms with Crippen LogP contribution in [0.2, 0.25) is 18.1 Å². The summed E-state index contributed by atoms with van der Waals surface area (Å²) in [5, 5.41) is 10.3. The summed E-state index contributed by atoms with van der Waals surface area (Å²) in [6.07, 6.45) is 3.55. The molecule has 4 atom stereocenters. The second-order valence-electron chi connectivity index (χ2n) is 11.1. The van der Waals surface area contributed by atoms with Gasteiger partial charge in [0.05, 0.1) is 18.6 Å². The molecule has 0 heterocycles. The Morgan fingerprint density at radius 3 is 2.45 bits per heavy atom. The van der Waals surface area contributed by atoms with Crippen molar-refractivity contribution in [3.63, 3.8) is 0 Å². The van der Waals surface area contributed by atoms with E-state index in [1.54, 1.807) is 6.07 Å². The molecule has 0 saturated heterocycles. The third-order valence-corrected chi connectivity index (χ3v) is 12.8. The van der Waals surface area contributed by atoms with Gasteiger partial charge in [0.2, 0.25) is 0 Å². The number of esters is 1. The molecule has 1 N–H and O–H groups in total. The maximum Gasteiger partial charge on any atom is 0.311 e. The van der Waals surface area contributed by atoms with Gasteiger partial charge in [0.25, 0.3) is 0 Å². The molecule has 0 unspecified atom stereocenters. The van der Waals surface area contributed by atoms with Crippen molar-refractivity contribution in [3.05, 3.63) is 29.3 Å². The fourth-order valence-electron chi connectivity index (χ4n) is 5.52. The first kappa shape index (κ1) is 22.4. The molecule has 2 aliphatic rings. The summed E-state index contributed by atoms with van der Waals surface area (Å²) in [6.45, 7) is 15.6. The molecule has 0 amide bonds. The molecule has 1 saturated carbocycles. The van der Waals surface area contributed by atoms with Crippen LogP contribution in [-0.2, 0) is 19.4 Å². The largest absolute Gasteiger partial charge is 0.508 e. The number of fused-ring (bicyclic) bond motifs is 3. The molecule has 0 aliphatic heterocycles. The van der Waals surface area contributed by atoms with Crippen LogP contribution in [0.3, 0.4) is 0 Å². The number of phenolic OH excluding ortho intramolecular Hbond substituents is 1. The van der Waals surface area contributed by atoms with Gasteiger partial charge in [0, 0.05) is 0 Å². The first-order valence-electron chi connectivity index (χ1n) is 10.9. The van der Waals surface area contributed by atoms with Gasteiger partial charge in [-0.05, 0) is 78.9 Å². The fourth-order valence-corrected chi connectivity index (χ4v) is 6.80. The minimum atomic E-state index is -2.04. The lowest BCUT2D eigenvalue weighted by Gasteiger charge is -2.56. The number of hydrogen-bond donors (Lipinski definition) is 1. The molecule has 29 heavy (non-hydrogen) atoms. The van der Waals surface area contributed by atoms with Crippen molar-refractivity contribution in [2.24, 2.45) is 11.3 Å². The summed E-state index contributed by atoms with van der Waals surface area (Å²) in [5.41, 5.74) is 1.68. The lowest BCUT2D eigenvalue weighted by atomic mass is 9.49. The molecule has 0 spiro atoms. The number of hydrogen-bond acceptors (Lipinski definition) is 4. The van der Waals surface area contributed by atoms with Crippen molar-refractivity contribution in [1.29, 1.82) is 0 Å². The Morgan fingerprint density at radius 2 is 1.86 bits per heavy atom. The molecule has 2 aliphatic carbocycles. The van der Waals surface area contributed by atoms with Gasteiger partial charge in [-0.2, -0.15) is 0 Å². The molecule has 1 fully saturated rings. The average Bonchev–Trinajstić information content (AvgIpc) is 2.61. The molecule has 0 radical (unpaired) electrons. The quantitative estimate of drug-likeness (QED) is 0.476. The molecule has 3 rings (SSSR count). The summed E-state index contributed by atoms with van der Waals surface area (Å²) >= 11 is 0. The van der Waals surface area contributed by atoms with Crippen molar-refractivity contribution in [3.8, 4) is 5.75 Å². The van der Waals surface area contributed by atoms with Crippen molar-refractivity contribution in [2.45, 2.75) is 90.0 Å². The maximum atomic E-state index is 12.9. The number of phenols is 1. The van der Waals surface area contributed by atoms with Gasteiger partial charge in [-0.3, -0.25) is 4.79 Å². The highest BCUT2D eigenvalue weighted by molar-refractivity contribution is 6.74. The summed E-state index contributed by atoms with van der Waals surface area (Å²) in [6, 6.07) is 5.72. The Hall–Kier alpha value is -1.33. The lowest BCUT2D eigenvalue weighted by molar-refractivity contribution is -0.162. The summed E-state index contributed by atoms with van der Waals surface area (Å²) in [7, 11) is -0.541. The summed E-state index contributed by atoms with van der Waals surface area (Å²) in [4.78, 5) is 12.9. The van der Waals surface area contributed by atoms with E-state index in [1.165, 1.54) is 12.7 Å². The maximum absolute atomic E-state index is 12.9. The van der Waals surface area contributed by atoms with Crippen molar-refractivity contribution in [2.75, 3.05) is 7.11 Å². The van der Waals surface area contributed by atoms with Crippen LogP contribution in [0, 0.1) is 11.3 Å². The van der Waals surface area contributed by atoms with Gasteiger partial charge in [0.1, 0.15) is 5.75 Å². The molecular weight excluding hydrogens is 380 g/mol. The molecule has 4 nitrogen and oxygen atoms in total. The van der Waals surface area contributed by atoms with E-state index in [-0.39, 0.29) is 34.2 Å². The van der Waals surface area contributed by atoms with Crippen molar-refractivity contribution in [1.82, 2.24) is 0 Å². The van der Waals surface area contributed by atoms with E-state index in [0.717, 1.165) is 31.2 Å². The Labute approximate surface area is 177 Å². The van der Waals surface area contributed by atoms with E-state index < -0.39 is 13.7 Å². The van der Waals surface area contributed by atoms with E-state index in [2.05, 4.69) is 53.8 Å². The van der Waals surface area contributed by atoms with Crippen LogP contribution in [0.1, 0.15) is 77.5 Å². The second kappa shape index (κ2) is 7.12. The number of carbonyl (C=O) groups excluding carboxylic acids is 1. The number of ether oxygens (including phenoxy) is 1. The molecule has 0 bridgehead atoms. The SMILES string of the molecule is COC(=O)[C@@]1(C)CCC[C@]2(C)c3ccc(O)cc3[C@H](O[Si](C)(C)C(C)(C)C)C[C@@H]12. The highest BCUT2D eigenvalue weighted by Crippen LogP contribution is 2.61. The molecule has 162 valence electrons. The molecular formula is C24H38O4Si. The predicted molar refractivity (Wildman–Crippen MR) is 119 cm³/mol. The number of carbonyl (C=O) groups is 1. The standard InChI is InChI=1S/C24H38O4Si/c1-22(2,3)29(7,8)28-19-15-20-23(4,18-11-10-16(25)14-17(18)19)12-9-13-24(20,5)21(26)27-6/h10-11,14,19-20,25H,9,12-13,15H2,1-8H3/t19-,20-,23-,24+/m1/s1. The predicted octanol–water partition coefficient (Wildman–Crippen LogP) is 6.10. The number of benzene rings is 1. The molecule has 1 aromatic carbocycles. The Bertz CT molecular complexity index is 797. The normalized spacial score (nSPS) is 32.3. The number of rotatable bonds is 3. The topological polar surface area (TPSA) is 55.8 Å². The van der Waals surface area contributed by atoms with Gasteiger partial charge in [-0.1, -0.05) is 40.2 Å². The van der Waals surface area contributed by atoms with Crippen molar-refractivity contribution < 1.29 is 19.1 Å². The minimum absolute atomic E-state index is 0.0863. The van der Waals surface area contributed by atoms with Gasteiger partial charge < -0.3 is 14.3 Å². The van der Waals surface area contributed by atoms with Crippen LogP contribution in [0.25, 0.3) is 0 Å². The van der Waals surface area contributed by atoms with E-state index in [1.807, 2.05) is 6.07 Å². The van der Waals surface area contributed by atoms with Crippen LogP contribution in [0.15, 0.2) is 18.2 Å². The van der Waals surface area contributed by atoms with Gasteiger partial charge >= 0.3 is 5.97 Å². The minimum Gasteiger partial charge on any atom is -0.508 e. The summed E-state index contributed by atoms with van der Waals surface area (Å²) in [5.74, 6) is 0.311. The van der Waals surface area contributed by atoms with Crippen LogP contribution < -0.4 is 0 Å². The van der Waals surface area contributed by atoms with Crippen LogP contribution in [0.4, 0.5) is 0 Å². The summed E-state index contributed by atoms with van der Waals surface area (Å²) < 4.78 is 12.2. The smallest absolute Gasteiger partial charge is 0.311 e. The van der Waals surface area contributed by atoms with E-state index in [0.29, 0.717) is 0 Å². The zero-order valence-corrected chi connectivity index (χ0v) is 20.4. The van der Waals surface area contributed by atoms with Crippen LogP contribution in [-0.4, -0.2) is 26.5 Å². The van der Waals surface area contributed by atoms with Crippen molar-refractivity contribution >= 4 is 14.3 Å². The van der Waals surface area contributed by atoms with E-state index in [9.17, 15) is 9.90 Å². The molecule has 0 aromatic heterocycles. The molecule has 1 aromatic rings. The highest BCUT2D eigenvalue weighted by atomic mass is 28.4. The molecule has 5 heteroatoms. The van der Waals surface area contributed by atoms with Gasteiger partial charge in [0.15, 0.2) is 8.32 Å². The van der Waals surface area contributed by atoms with Gasteiger partial charge in [-0.25, -0.2) is 0 Å². The second-order valence-corrected chi connectivity index (χ2v) is 15.9. The average molecular weight is 419 g/mol. The Balaban J connectivity index is 2.14. The first-order chi connectivity index (χ1) is 13.3. The monoisotopic (exact) mass is 418 g/mol. The van der Waals surface area contributed by atoms with Crippen LogP contribution in [0.5, 0.6) is 5.75 Å². The lowest BCUT2D eigenvalue weighted by Crippen LogP contribution is -2.54. The van der Waals surface area contributed by atoms with Crippen LogP contribution >= 0.6 is 0 Å². The third-order valence-electron chi connectivity index (χ3n) is 8.27. The number of methoxy groups -OCH3 is 1.